The standard InChI is InChI=1S/C22H20ClNO3/c1-2-26-21-13-12-16(22(25)24-20-11-7-6-10-19(20)23)14-17(21)15-27-18-8-4-3-5-9-18/h3-14H,2,15H2,1H3,(H,24,25). The fourth-order valence-corrected chi connectivity index (χ4v) is 2.75. The lowest BCUT2D eigenvalue weighted by molar-refractivity contribution is 0.102. The van der Waals surface area contributed by atoms with Crippen molar-refractivity contribution in [2.75, 3.05) is 11.9 Å². The normalized spacial score (nSPS) is 10.3. The van der Waals surface area contributed by atoms with Crippen LogP contribution in [-0.2, 0) is 6.61 Å². The van der Waals surface area contributed by atoms with Gasteiger partial charge in [-0.15, -0.1) is 0 Å². The molecule has 27 heavy (non-hydrogen) atoms. The number of carbonyl (C=O) groups is 1. The Morgan fingerprint density at radius 3 is 2.44 bits per heavy atom. The third-order valence-electron chi connectivity index (χ3n) is 3.88. The minimum absolute atomic E-state index is 0.243. The van der Waals surface area contributed by atoms with Gasteiger partial charge in [0.25, 0.3) is 5.91 Å². The average Bonchev–Trinajstić information content (AvgIpc) is 2.70. The van der Waals surface area contributed by atoms with Crippen molar-refractivity contribution in [1.82, 2.24) is 0 Å². The van der Waals surface area contributed by atoms with Crippen LogP contribution in [0.15, 0.2) is 72.8 Å². The lowest BCUT2D eigenvalue weighted by Crippen LogP contribution is -2.13. The number of hydrogen-bond acceptors (Lipinski definition) is 3. The molecule has 4 nitrogen and oxygen atoms in total. The minimum atomic E-state index is -0.243. The minimum Gasteiger partial charge on any atom is -0.493 e. The highest BCUT2D eigenvalue weighted by Crippen LogP contribution is 2.25. The van der Waals surface area contributed by atoms with Gasteiger partial charge in [-0.2, -0.15) is 0 Å². The summed E-state index contributed by atoms with van der Waals surface area (Å²) in [6, 6.07) is 21.9. The summed E-state index contributed by atoms with van der Waals surface area (Å²) in [7, 11) is 0. The van der Waals surface area contributed by atoms with Crippen LogP contribution in [-0.4, -0.2) is 12.5 Å². The predicted octanol–water partition coefficient (Wildman–Crippen LogP) is 5.57. The number of nitrogens with one attached hydrogen (secondary N) is 1. The second-order valence-electron chi connectivity index (χ2n) is 5.79. The molecule has 0 fully saturated rings. The third-order valence-corrected chi connectivity index (χ3v) is 4.21. The van der Waals surface area contributed by atoms with Crippen molar-refractivity contribution >= 4 is 23.2 Å². The van der Waals surface area contributed by atoms with E-state index in [1.165, 1.54) is 0 Å². The van der Waals surface area contributed by atoms with Gasteiger partial charge in [0.15, 0.2) is 0 Å². The average molecular weight is 382 g/mol. The van der Waals surface area contributed by atoms with Crippen molar-refractivity contribution in [3.63, 3.8) is 0 Å². The zero-order valence-corrected chi connectivity index (χ0v) is 15.7. The summed E-state index contributed by atoms with van der Waals surface area (Å²) in [6.45, 7) is 2.75. The summed E-state index contributed by atoms with van der Waals surface area (Å²) >= 11 is 6.12. The van der Waals surface area contributed by atoms with E-state index in [1.54, 1.807) is 30.3 Å². The van der Waals surface area contributed by atoms with Crippen LogP contribution in [0, 0.1) is 0 Å². The second-order valence-corrected chi connectivity index (χ2v) is 6.20. The third kappa shape index (κ3) is 5.02. The number of carbonyl (C=O) groups excluding carboxylic acids is 1. The molecule has 0 spiro atoms. The van der Waals surface area contributed by atoms with Gasteiger partial charge in [-0.1, -0.05) is 41.9 Å². The summed E-state index contributed by atoms with van der Waals surface area (Å²) in [5.74, 6) is 1.21. The van der Waals surface area contributed by atoms with Crippen molar-refractivity contribution in [3.05, 3.63) is 88.9 Å². The molecule has 0 saturated carbocycles. The molecule has 0 saturated heterocycles. The van der Waals surface area contributed by atoms with Gasteiger partial charge >= 0.3 is 0 Å². The van der Waals surface area contributed by atoms with Crippen molar-refractivity contribution in [2.24, 2.45) is 0 Å². The number of hydrogen-bond donors (Lipinski definition) is 1. The van der Waals surface area contributed by atoms with E-state index in [-0.39, 0.29) is 5.91 Å². The molecule has 138 valence electrons. The van der Waals surface area contributed by atoms with Gasteiger partial charge in [-0.05, 0) is 49.4 Å². The molecule has 1 amide bonds. The van der Waals surface area contributed by atoms with Crippen LogP contribution >= 0.6 is 11.6 Å². The van der Waals surface area contributed by atoms with E-state index in [2.05, 4.69) is 5.32 Å². The van der Waals surface area contributed by atoms with E-state index in [1.807, 2.05) is 49.4 Å². The molecule has 0 bridgehead atoms. The van der Waals surface area contributed by atoms with E-state index in [9.17, 15) is 4.79 Å². The Bertz CT molecular complexity index is 912. The zero-order valence-electron chi connectivity index (χ0n) is 14.9. The molecule has 0 aliphatic heterocycles. The highest BCUT2D eigenvalue weighted by Gasteiger charge is 2.13. The topological polar surface area (TPSA) is 47.6 Å². The maximum atomic E-state index is 12.6. The molecule has 0 aliphatic carbocycles. The molecule has 0 aliphatic rings. The monoisotopic (exact) mass is 381 g/mol. The molecule has 0 heterocycles. The fraction of sp³-hybridized carbons (Fsp3) is 0.136. The van der Waals surface area contributed by atoms with Crippen molar-refractivity contribution in [1.29, 1.82) is 0 Å². The molecule has 0 unspecified atom stereocenters. The summed E-state index contributed by atoms with van der Waals surface area (Å²) in [4.78, 5) is 12.6. The first kappa shape index (κ1) is 18.8. The Labute approximate surface area is 163 Å². The maximum absolute atomic E-state index is 12.6. The summed E-state index contributed by atoms with van der Waals surface area (Å²) in [6.07, 6.45) is 0. The SMILES string of the molecule is CCOc1ccc(C(=O)Nc2ccccc2Cl)cc1COc1ccccc1. The van der Waals surface area contributed by atoms with Gasteiger partial charge in [-0.25, -0.2) is 0 Å². The molecule has 3 aromatic carbocycles. The summed E-state index contributed by atoms with van der Waals surface area (Å²) < 4.78 is 11.5. The smallest absolute Gasteiger partial charge is 0.255 e. The molecule has 5 heteroatoms. The van der Waals surface area contributed by atoms with Crippen molar-refractivity contribution in [2.45, 2.75) is 13.5 Å². The quantitative estimate of drug-likeness (QED) is 0.582. The first-order valence-corrected chi connectivity index (χ1v) is 9.04. The molecular weight excluding hydrogens is 362 g/mol. The molecule has 0 aromatic heterocycles. The van der Waals surface area contributed by atoms with Gasteiger partial charge in [0.2, 0.25) is 0 Å². The zero-order chi connectivity index (χ0) is 19.1. The number of para-hydroxylation sites is 2. The maximum Gasteiger partial charge on any atom is 0.255 e. The largest absolute Gasteiger partial charge is 0.493 e. The molecule has 0 atom stereocenters. The van der Waals surface area contributed by atoms with Gasteiger partial charge in [0.05, 0.1) is 17.3 Å². The van der Waals surface area contributed by atoms with Gasteiger partial charge in [-0.3, -0.25) is 4.79 Å². The van der Waals surface area contributed by atoms with Crippen LogP contribution < -0.4 is 14.8 Å². The van der Waals surface area contributed by atoms with E-state index in [4.69, 9.17) is 21.1 Å². The fourth-order valence-electron chi connectivity index (χ4n) is 2.56. The summed E-state index contributed by atoms with van der Waals surface area (Å²) in [5.41, 5.74) is 1.87. The van der Waals surface area contributed by atoms with Crippen LogP contribution in [0.5, 0.6) is 11.5 Å². The Balaban J connectivity index is 1.79. The first-order chi connectivity index (χ1) is 13.2. The van der Waals surface area contributed by atoms with E-state index < -0.39 is 0 Å². The molecule has 3 aromatic rings. The number of anilines is 1. The molecule has 0 radical (unpaired) electrons. The number of rotatable bonds is 7. The number of benzene rings is 3. The molecule has 1 N–H and O–H groups in total. The number of amides is 1. The number of ether oxygens (including phenoxy) is 2. The number of halogens is 1. The first-order valence-electron chi connectivity index (χ1n) is 8.67. The highest BCUT2D eigenvalue weighted by molar-refractivity contribution is 6.33. The lowest BCUT2D eigenvalue weighted by Gasteiger charge is -2.14. The van der Waals surface area contributed by atoms with E-state index >= 15 is 0 Å². The summed E-state index contributed by atoms with van der Waals surface area (Å²) in [5, 5.41) is 3.32. The van der Waals surface area contributed by atoms with Crippen LogP contribution in [0.25, 0.3) is 0 Å². The van der Waals surface area contributed by atoms with Crippen molar-refractivity contribution in [3.8, 4) is 11.5 Å². The Kier molecular flexibility index (Phi) is 6.34. The van der Waals surface area contributed by atoms with Crippen LogP contribution in [0.2, 0.25) is 5.02 Å². The Morgan fingerprint density at radius 2 is 1.70 bits per heavy atom. The lowest BCUT2D eigenvalue weighted by atomic mass is 10.1. The second kappa shape index (κ2) is 9.10. The van der Waals surface area contributed by atoms with Crippen molar-refractivity contribution < 1.29 is 14.3 Å². The molecular formula is C22H20ClNO3. The van der Waals surface area contributed by atoms with Gasteiger partial charge < -0.3 is 14.8 Å². The van der Waals surface area contributed by atoms with Gasteiger partial charge in [0, 0.05) is 11.1 Å². The molecule has 3 rings (SSSR count). The van der Waals surface area contributed by atoms with Crippen LogP contribution in [0.1, 0.15) is 22.8 Å². The Morgan fingerprint density at radius 1 is 0.963 bits per heavy atom. The predicted molar refractivity (Wildman–Crippen MR) is 108 cm³/mol. The van der Waals surface area contributed by atoms with Crippen LogP contribution in [0.4, 0.5) is 5.69 Å². The van der Waals surface area contributed by atoms with Gasteiger partial charge in [0.1, 0.15) is 18.1 Å². The Hall–Kier alpha value is -2.98. The van der Waals surface area contributed by atoms with E-state index in [0.717, 1.165) is 11.3 Å². The highest BCUT2D eigenvalue weighted by atomic mass is 35.5. The van der Waals surface area contributed by atoms with Crippen LogP contribution in [0.3, 0.4) is 0 Å². The van der Waals surface area contributed by atoms with E-state index in [0.29, 0.717) is 35.2 Å².